The van der Waals surface area contributed by atoms with Crippen LogP contribution in [0.5, 0.6) is 5.75 Å². The lowest BCUT2D eigenvalue weighted by molar-refractivity contribution is 0.108. The summed E-state index contributed by atoms with van der Waals surface area (Å²) in [6.07, 6.45) is 0. The summed E-state index contributed by atoms with van der Waals surface area (Å²) in [6.45, 7) is 0. The van der Waals surface area contributed by atoms with Gasteiger partial charge >= 0.3 is 0 Å². The Morgan fingerprint density at radius 3 is 2.60 bits per heavy atom. The molecular formula is C15H9ClO3S. The number of methoxy groups -OCH3 is 1. The number of ether oxygens (including phenoxy) is 1. The van der Waals surface area contributed by atoms with Crippen LogP contribution < -0.4 is 10.2 Å². The lowest BCUT2D eigenvalue weighted by Gasteiger charge is -2.04. The van der Waals surface area contributed by atoms with Crippen LogP contribution in [0.4, 0.5) is 0 Å². The number of hydrogen-bond acceptors (Lipinski definition) is 4. The predicted molar refractivity (Wildman–Crippen MR) is 82.3 cm³/mol. The second-order valence-electron chi connectivity index (χ2n) is 4.28. The minimum Gasteiger partial charge on any atom is -0.497 e. The van der Waals surface area contributed by atoms with Crippen LogP contribution in [-0.4, -0.2) is 12.4 Å². The summed E-state index contributed by atoms with van der Waals surface area (Å²) in [5.74, 6) is 0.647. The molecule has 0 aliphatic rings. The summed E-state index contributed by atoms with van der Waals surface area (Å²) < 4.78 is 6.74. The molecular weight excluding hydrogens is 296 g/mol. The van der Waals surface area contributed by atoms with E-state index in [1.165, 1.54) is 11.3 Å². The first-order chi connectivity index (χ1) is 9.60. The van der Waals surface area contributed by atoms with E-state index >= 15 is 0 Å². The lowest BCUT2D eigenvalue weighted by atomic mass is 10.1. The van der Waals surface area contributed by atoms with E-state index in [2.05, 4.69) is 0 Å². The fraction of sp³-hybridized carbons (Fsp3) is 0.0667. The largest absolute Gasteiger partial charge is 0.497 e. The van der Waals surface area contributed by atoms with Gasteiger partial charge in [-0.05, 0) is 48.0 Å². The molecule has 5 heteroatoms. The molecule has 0 aliphatic heterocycles. The van der Waals surface area contributed by atoms with E-state index in [0.29, 0.717) is 22.1 Å². The number of benzene rings is 2. The molecule has 3 nitrogen and oxygen atoms in total. The number of carbonyl (C=O) groups is 1. The van der Waals surface area contributed by atoms with Crippen molar-refractivity contribution in [2.45, 2.75) is 0 Å². The topological polar surface area (TPSA) is 43.4 Å². The summed E-state index contributed by atoms with van der Waals surface area (Å²) in [7, 11) is 1.56. The summed E-state index contributed by atoms with van der Waals surface area (Å²) in [5, 5.41) is 0.672. The van der Waals surface area contributed by atoms with Gasteiger partial charge in [0.25, 0.3) is 5.24 Å². The molecule has 0 saturated carbocycles. The monoisotopic (exact) mass is 304 g/mol. The van der Waals surface area contributed by atoms with Crippen molar-refractivity contribution in [1.82, 2.24) is 0 Å². The zero-order chi connectivity index (χ0) is 14.3. The van der Waals surface area contributed by atoms with E-state index in [9.17, 15) is 9.59 Å². The lowest BCUT2D eigenvalue weighted by Crippen LogP contribution is -2.02. The number of rotatable bonds is 2. The first kappa shape index (κ1) is 13.1. The third-order valence-corrected chi connectivity index (χ3v) is 4.46. The predicted octanol–water partition coefficient (Wildman–Crippen LogP) is 3.80. The van der Waals surface area contributed by atoms with E-state index in [0.717, 1.165) is 9.40 Å². The fourth-order valence-electron chi connectivity index (χ4n) is 2.08. The molecule has 0 unspecified atom stereocenters. The Kier molecular flexibility index (Phi) is 3.20. The Hall–Kier alpha value is -1.91. The molecule has 1 aromatic heterocycles. The van der Waals surface area contributed by atoms with Crippen LogP contribution in [0.2, 0.25) is 0 Å². The first-order valence-corrected chi connectivity index (χ1v) is 7.04. The number of fused-ring (bicyclic) bond motifs is 2. The normalized spacial score (nSPS) is 10.9. The van der Waals surface area contributed by atoms with E-state index in [-0.39, 0.29) is 5.43 Å². The summed E-state index contributed by atoms with van der Waals surface area (Å²) in [4.78, 5) is 23.7. The average Bonchev–Trinajstić information content (AvgIpc) is 2.46. The maximum absolute atomic E-state index is 12.5. The molecule has 3 aromatic rings. The van der Waals surface area contributed by atoms with Crippen LogP contribution in [0.3, 0.4) is 0 Å². The molecule has 100 valence electrons. The van der Waals surface area contributed by atoms with Crippen LogP contribution in [0.25, 0.3) is 20.2 Å². The van der Waals surface area contributed by atoms with E-state index in [1.807, 2.05) is 6.07 Å². The highest BCUT2D eigenvalue weighted by Gasteiger charge is 2.09. The van der Waals surface area contributed by atoms with Gasteiger partial charge in [0.2, 0.25) is 0 Å². The molecule has 0 spiro atoms. The van der Waals surface area contributed by atoms with Crippen molar-refractivity contribution in [2.75, 3.05) is 7.11 Å². The first-order valence-electron chi connectivity index (χ1n) is 5.84. The highest BCUT2D eigenvalue weighted by atomic mass is 35.5. The maximum atomic E-state index is 12.5. The van der Waals surface area contributed by atoms with Gasteiger partial charge in [-0.2, -0.15) is 0 Å². The second-order valence-corrected chi connectivity index (χ2v) is 5.70. The van der Waals surface area contributed by atoms with E-state index in [1.54, 1.807) is 37.4 Å². The van der Waals surface area contributed by atoms with Gasteiger partial charge in [0, 0.05) is 25.7 Å². The highest BCUT2D eigenvalue weighted by molar-refractivity contribution is 7.24. The maximum Gasteiger partial charge on any atom is 0.252 e. The third-order valence-electron chi connectivity index (χ3n) is 3.10. The van der Waals surface area contributed by atoms with E-state index in [4.69, 9.17) is 16.3 Å². The Morgan fingerprint density at radius 2 is 1.90 bits per heavy atom. The minimum absolute atomic E-state index is 0.0683. The van der Waals surface area contributed by atoms with Crippen LogP contribution in [0.15, 0.2) is 41.2 Å². The molecule has 0 N–H and O–H groups in total. The standard InChI is InChI=1S/C15H9ClO3S/c1-19-9-3-5-12-11(7-9)14(17)10-4-2-8(15(16)18)6-13(10)20-12/h2-7H,1H3. The summed E-state index contributed by atoms with van der Waals surface area (Å²) in [6, 6.07) is 10.2. The molecule has 1 heterocycles. The van der Waals surface area contributed by atoms with Crippen LogP contribution in [-0.2, 0) is 0 Å². The van der Waals surface area contributed by atoms with Gasteiger partial charge in [0.05, 0.1) is 7.11 Å². The molecule has 3 rings (SSSR count). The van der Waals surface area contributed by atoms with Gasteiger partial charge < -0.3 is 4.74 Å². The molecule has 0 amide bonds. The zero-order valence-electron chi connectivity index (χ0n) is 10.5. The Labute approximate surface area is 123 Å². The SMILES string of the molecule is COc1ccc2sc3cc(C(=O)Cl)ccc3c(=O)c2c1. The molecule has 20 heavy (non-hydrogen) atoms. The van der Waals surface area contributed by atoms with E-state index < -0.39 is 5.24 Å². The Bertz CT molecular complexity index is 899. The number of halogens is 1. The second kappa shape index (κ2) is 4.89. The van der Waals surface area contributed by atoms with Gasteiger partial charge in [0.1, 0.15) is 5.75 Å². The Balaban J connectivity index is 2.40. The number of carbonyl (C=O) groups excluding carboxylic acids is 1. The molecule has 0 atom stereocenters. The molecule has 0 aliphatic carbocycles. The van der Waals surface area contributed by atoms with Crippen molar-refractivity contribution in [1.29, 1.82) is 0 Å². The van der Waals surface area contributed by atoms with Crippen molar-refractivity contribution in [2.24, 2.45) is 0 Å². The summed E-state index contributed by atoms with van der Waals surface area (Å²) in [5.41, 5.74) is 0.323. The van der Waals surface area contributed by atoms with Crippen molar-refractivity contribution in [3.63, 3.8) is 0 Å². The smallest absolute Gasteiger partial charge is 0.252 e. The third kappa shape index (κ3) is 2.07. The highest BCUT2D eigenvalue weighted by Crippen LogP contribution is 2.28. The molecule has 0 saturated heterocycles. The van der Waals surface area contributed by atoms with Crippen LogP contribution in [0.1, 0.15) is 10.4 Å². The van der Waals surface area contributed by atoms with Crippen LogP contribution >= 0.6 is 22.9 Å². The molecule has 0 radical (unpaired) electrons. The van der Waals surface area contributed by atoms with Crippen molar-refractivity contribution < 1.29 is 9.53 Å². The average molecular weight is 305 g/mol. The van der Waals surface area contributed by atoms with Gasteiger partial charge in [-0.1, -0.05) is 0 Å². The molecule has 0 fully saturated rings. The van der Waals surface area contributed by atoms with Gasteiger partial charge in [-0.15, -0.1) is 11.3 Å². The quantitative estimate of drug-likeness (QED) is 0.534. The molecule has 0 bridgehead atoms. The fourth-order valence-corrected chi connectivity index (χ4v) is 3.29. The van der Waals surface area contributed by atoms with Crippen molar-refractivity contribution >= 4 is 48.4 Å². The van der Waals surface area contributed by atoms with Crippen molar-refractivity contribution in [3.05, 3.63) is 52.2 Å². The molecule has 2 aromatic carbocycles. The van der Waals surface area contributed by atoms with Gasteiger partial charge in [-0.3, -0.25) is 9.59 Å². The number of hydrogen-bond donors (Lipinski definition) is 0. The minimum atomic E-state index is -0.527. The Morgan fingerprint density at radius 1 is 1.10 bits per heavy atom. The van der Waals surface area contributed by atoms with Gasteiger partial charge in [-0.25, -0.2) is 0 Å². The summed E-state index contributed by atoms with van der Waals surface area (Å²) >= 11 is 6.92. The van der Waals surface area contributed by atoms with Crippen LogP contribution in [0, 0.1) is 0 Å². The van der Waals surface area contributed by atoms with Crippen molar-refractivity contribution in [3.8, 4) is 5.75 Å². The van der Waals surface area contributed by atoms with Gasteiger partial charge in [0.15, 0.2) is 5.43 Å². The zero-order valence-corrected chi connectivity index (χ0v) is 12.0.